The molecule has 0 aliphatic heterocycles. The third-order valence-electron chi connectivity index (χ3n) is 3.68. The number of hydrogen-bond donors (Lipinski definition) is 1. The highest BCUT2D eigenvalue weighted by Gasteiger charge is 2.22. The minimum absolute atomic E-state index is 0.327. The molecule has 1 rings (SSSR count). The Balaban J connectivity index is 3.01. The maximum absolute atomic E-state index is 6.42. The van der Waals surface area contributed by atoms with Crippen LogP contribution in [0.25, 0.3) is 0 Å². The Hall–Kier alpha value is -0.730. The third-order valence-corrected chi connectivity index (χ3v) is 4.00. The van der Waals surface area contributed by atoms with Crippen LogP contribution in [-0.4, -0.2) is 13.7 Å². The lowest BCUT2D eigenvalue weighted by molar-refractivity contribution is 0.341. The van der Waals surface area contributed by atoms with Crippen molar-refractivity contribution in [3.63, 3.8) is 0 Å². The molecular weight excluding hydrogens is 258 g/mol. The molecule has 0 fully saturated rings. The summed E-state index contributed by atoms with van der Waals surface area (Å²) in [4.78, 5) is 0. The zero-order valence-corrected chi connectivity index (χ0v) is 13.3. The first-order valence-electron chi connectivity index (χ1n) is 7.24. The van der Waals surface area contributed by atoms with E-state index in [1.54, 1.807) is 7.11 Å². The molecule has 19 heavy (non-hydrogen) atoms. The van der Waals surface area contributed by atoms with Gasteiger partial charge in [0.1, 0.15) is 5.75 Å². The lowest BCUT2D eigenvalue weighted by Crippen LogP contribution is -2.28. The molecule has 0 aliphatic rings. The molecule has 0 heterocycles. The first-order valence-corrected chi connectivity index (χ1v) is 7.62. The van der Waals surface area contributed by atoms with Crippen molar-refractivity contribution < 1.29 is 4.74 Å². The number of benzene rings is 1. The van der Waals surface area contributed by atoms with E-state index < -0.39 is 0 Å². The normalized spacial score (nSPS) is 12.7. The third kappa shape index (κ3) is 4.39. The van der Waals surface area contributed by atoms with Crippen molar-refractivity contribution in [2.75, 3.05) is 13.7 Å². The maximum Gasteiger partial charge on any atom is 0.120 e. The number of ether oxygens (including phenoxy) is 1. The molecule has 0 bridgehead atoms. The molecule has 0 spiro atoms. The molecule has 1 aromatic carbocycles. The fraction of sp³-hybridized carbons (Fsp3) is 0.625. The van der Waals surface area contributed by atoms with Gasteiger partial charge in [0.15, 0.2) is 0 Å². The first kappa shape index (κ1) is 16.3. The van der Waals surface area contributed by atoms with Crippen molar-refractivity contribution >= 4 is 11.6 Å². The Kier molecular flexibility index (Phi) is 7.25. The Morgan fingerprint density at radius 1 is 1.21 bits per heavy atom. The van der Waals surface area contributed by atoms with Crippen LogP contribution < -0.4 is 10.1 Å². The van der Waals surface area contributed by atoms with Crippen LogP contribution in [0.1, 0.15) is 51.6 Å². The van der Waals surface area contributed by atoms with Gasteiger partial charge in [0.05, 0.1) is 7.11 Å². The second-order valence-electron chi connectivity index (χ2n) is 4.90. The van der Waals surface area contributed by atoms with Crippen LogP contribution in [0.3, 0.4) is 0 Å². The van der Waals surface area contributed by atoms with Gasteiger partial charge in [-0.2, -0.15) is 0 Å². The molecule has 1 aromatic rings. The molecule has 1 N–H and O–H groups in total. The molecule has 3 heteroatoms. The van der Waals surface area contributed by atoms with Crippen molar-refractivity contribution in [1.82, 2.24) is 5.32 Å². The zero-order chi connectivity index (χ0) is 14.3. The molecule has 108 valence electrons. The van der Waals surface area contributed by atoms with Gasteiger partial charge in [0.25, 0.3) is 0 Å². The van der Waals surface area contributed by atoms with Crippen molar-refractivity contribution in [2.45, 2.75) is 46.1 Å². The first-order chi connectivity index (χ1) is 9.17. The molecule has 0 saturated heterocycles. The highest BCUT2D eigenvalue weighted by molar-refractivity contribution is 6.31. The van der Waals surface area contributed by atoms with Crippen molar-refractivity contribution in [3.8, 4) is 5.75 Å². The minimum atomic E-state index is 0.327. The maximum atomic E-state index is 6.42. The zero-order valence-electron chi connectivity index (χ0n) is 12.5. The van der Waals surface area contributed by atoms with Gasteiger partial charge in [-0.1, -0.05) is 51.3 Å². The van der Waals surface area contributed by atoms with Crippen LogP contribution >= 0.6 is 11.6 Å². The molecule has 0 saturated carbocycles. The molecule has 0 amide bonds. The smallest absolute Gasteiger partial charge is 0.120 e. The van der Waals surface area contributed by atoms with E-state index in [-0.39, 0.29) is 0 Å². The second kappa shape index (κ2) is 8.44. The van der Waals surface area contributed by atoms with E-state index in [1.165, 1.54) is 5.56 Å². The van der Waals surface area contributed by atoms with E-state index in [4.69, 9.17) is 16.3 Å². The number of nitrogens with one attached hydrogen (secondary N) is 1. The molecule has 1 atom stereocenters. The SMILES string of the molecule is CCCNC(c1ccc(OC)cc1Cl)C(CC)CC. The topological polar surface area (TPSA) is 21.3 Å². The van der Waals surface area contributed by atoms with E-state index in [2.05, 4.69) is 32.2 Å². The van der Waals surface area contributed by atoms with E-state index in [1.807, 2.05) is 12.1 Å². The van der Waals surface area contributed by atoms with Gasteiger partial charge >= 0.3 is 0 Å². The summed E-state index contributed by atoms with van der Waals surface area (Å²) in [6, 6.07) is 6.31. The average molecular weight is 284 g/mol. The summed E-state index contributed by atoms with van der Waals surface area (Å²) in [5.74, 6) is 1.42. The lowest BCUT2D eigenvalue weighted by atomic mass is 9.88. The van der Waals surface area contributed by atoms with Gasteiger partial charge < -0.3 is 10.1 Å². The Morgan fingerprint density at radius 3 is 2.37 bits per heavy atom. The number of methoxy groups -OCH3 is 1. The van der Waals surface area contributed by atoms with Gasteiger partial charge in [-0.05, 0) is 36.6 Å². The summed E-state index contributed by atoms with van der Waals surface area (Å²) in [5, 5.41) is 4.43. The summed E-state index contributed by atoms with van der Waals surface area (Å²) >= 11 is 6.42. The van der Waals surface area contributed by atoms with E-state index in [0.717, 1.165) is 36.6 Å². The molecule has 1 unspecified atom stereocenters. The fourth-order valence-electron chi connectivity index (χ4n) is 2.48. The van der Waals surface area contributed by atoms with Gasteiger partial charge in [0.2, 0.25) is 0 Å². The minimum Gasteiger partial charge on any atom is -0.497 e. The largest absolute Gasteiger partial charge is 0.497 e. The molecule has 0 aliphatic carbocycles. The summed E-state index contributed by atoms with van der Waals surface area (Å²) < 4.78 is 5.22. The Morgan fingerprint density at radius 2 is 1.89 bits per heavy atom. The quantitative estimate of drug-likeness (QED) is 0.738. The second-order valence-corrected chi connectivity index (χ2v) is 5.30. The average Bonchev–Trinajstić information content (AvgIpc) is 2.44. The fourth-order valence-corrected chi connectivity index (χ4v) is 2.77. The van der Waals surface area contributed by atoms with Crippen LogP contribution in [0, 0.1) is 5.92 Å². The van der Waals surface area contributed by atoms with Crippen LogP contribution in [0.2, 0.25) is 5.02 Å². The number of hydrogen-bond acceptors (Lipinski definition) is 2. The molecule has 0 aromatic heterocycles. The standard InChI is InChI=1S/C16H26ClNO/c1-5-10-18-16(12(6-2)7-3)14-9-8-13(19-4)11-15(14)17/h8-9,11-12,16,18H,5-7,10H2,1-4H3. The predicted molar refractivity (Wildman–Crippen MR) is 83.1 cm³/mol. The van der Waals surface area contributed by atoms with Gasteiger partial charge in [-0.3, -0.25) is 0 Å². The molecule has 2 nitrogen and oxygen atoms in total. The molecular formula is C16H26ClNO. The van der Waals surface area contributed by atoms with Crippen LogP contribution in [-0.2, 0) is 0 Å². The monoisotopic (exact) mass is 283 g/mol. The van der Waals surface area contributed by atoms with Crippen LogP contribution in [0.5, 0.6) is 5.75 Å². The van der Waals surface area contributed by atoms with Gasteiger partial charge in [0, 0.05) is 11.1 Å². The molecule has 0 radical (unpaired) electrons. The predicted octanol–water partition coefficient (Wildman–Crippen LogP) is 4.83. The van der Waals surface area contributed by atoms with E-state index in [9.17, 15) is 0 Å². The Bertz CT molecular complexity index is 377. The van der Waals surface area contributed by atoms with Gasteiger partial charge in [-0.15, -0.1) is 0 Å². The highest BCUT2D eigenvalue weighted by atomic mass is 35.5. The van der Waals surface area contributed by atoms with E-state index in [0.29, 0.717) is 12.0 Å². The number of rotatable bonds is 8. The van der Waals surface area contributed by atoms with Crippen LogP contribution in [0.15, 0.2) is 18.2 Å². The summed E-state index contributed by atoms with van der Waals surface area (Å²) in [7, 11) is 1.67. The van der Waals surface area contributed by atoms with Crippen molar-refractivity contribution in [1.29, 1.82) is 0 Å². The summed E-state index contributed by atoms with van der Waals surface area (Å²) in [6.45, 7) is 7.69. The lowest BCUT2D eigenvalue weighted by Gasteiger charge is -2.28. The Labute approximate surface area is 122 Å². The van der Waals surface area contributed by atoms with E-state index >= 15 is 0 Å². The van der Waals surface area contributed by atoms with Crippen LogP contribution in [0.4, 0.5) is 0 Å². The summed E-state index contributed by atoms with van der Waals surface area (Å²) in [5.41, 5.74) is 1.18. The highest BCUT2D eigenvalue weighted by Crippen LogP contribution is 2.34. The summed E-state index contributed by atoms with van der Waals surface area (Å²) in [6.07, 6.45) is 3.44. The number of halogens is 1. The van der Waals surface area contributed by atoms with Crippen molar-refractivity contribution in [2.24, 2.45) is 5.92 Å². The van der Waals surface area contributed by atoms with Crippen molar-refractivity contribution in [3.05, 3.63) is 28.8 Å². The van der Waals surface area contributed by atoms with Gasteiger partial charge in [-0.25, -0.2) is 0 Å².